The minimum atomic E-state index is -0.820. The molecule has 8 nitrogen and oxygen atoms in total. The molecule has 1 aromatic rings. The third kappa shape index (κ3) is 3.50. The molecule has 0 radical (unpaired) electrons. The van der Waals surface area contributed by atoms with E-state index < -0.39 is 11.6 Å². The van der Waals surface area contributed by atoms with Crippen LogP contribution in [0.4, 0.5) is 4.79 Å². The maximum atomic E-state index is 12.8. The summed E-state index contributed by atoms with van der Waals surface area (Å²) in [5.74, 6) is 1.24. The van der Waals surface area contributed by atoms with E-state index in [1.807, 2.05) is 12.1 Å². The Bertz CT molecular complexity index is 801. The van der Waals surface area contributed by atoms with Crippen molar-refractivity contribution in [2.45, 2.75) is 44.7 Å². The van der Waals surface area contributed by atoms with Crippen molar-refractivity contribution in [2.24, 2.45) is 5.92 Å². The Balaban J connectivity index is 1.34. The largest absolute Gasteiger partial charge is 0.486 e. The summed E-state index contributed by atoms with van der Waals surface area (Å²) < 4.78 is 11.0. The van der Waals surface area contributed by atoms with Crippen molar-refractivity contribution >= 4 is 17.8 Å². The van der Waals surface area contributed by atoms with Crippen LogP contribution in [-0.2, 0) is 16.1 Å². The van der Waals surface area contributed by atoms with Gasteiger partial charge in [0.1, 0.15) is 25.3 Å². The second kappa shape index (κ2) is 7.33. The van der Waals surface area contributed by atoms with Crippen molar-refractivity contribution in [1.82, 2.24) is 15.5 Å². The summed E-state index contributed by atoms with van der Waals surface area (Å²) in [6.45, 7) is 3.18. The fourth-order valence-corrected chi connectivity index (χ4v) is 4.01. The maximum Gasteiger partial charge on any atom is 0.325 e. The highest BCUT2D eigenvalue weighted by Crippen LogP contribution is 2.36. The summed E-state index contributed by atoms with van der Waals surface area (Å²) in [7, 11) is 0. The molecule has 0 atom stereocenters. The second-order valence-electron chi connectivity index (χ2n) is 7.84. The zero-order valence-corrected chi connectivity index (χ0v) is 16.0. The lowest BCUT2D eigenvalue weighted by atomic mass is 9.77. The first kappa shape index (κ1) is 18.6. The first-order valence-electron chi connectivity index (χ1n) is 9.76. The fraction of sp³-hybridized carbons (Fsp3) is 0.550. The molecule has 2 aliphatic heterocycles. The van der Waals surface area contributed by atoms with E-state index in [-0.39, 0.29) is 24.9 Å². The zero-order chi connectivity index (χ0) is 19.7. The van der Waals surface area contributed by atoms with Crippen LogP contribution in [0.2, 0.25) is 0 Å². The highest BCUT2D eigenvalue weighted by Gasteiger charge is 2.52. The molecule has 0 aromatic heterocycles. The van der Waals surface area contributed by atoms with Gasteiger partial charge >= 0.3 is 6.03 Å². The van der Waals surface area contributed by atoms with Gasteiger partial charge in [-0.3, -0.25) is 14.5 Å². The molecule has 2 fully saturated rings. The average Bonchev–Trinajstić information content (AvgIpc) is 2.93. The van der Waals surface area contributed by atoms with Crippen LogP contribution in [-0.4, -0.2) is 48.0 Å². The lowest BCUT2D eigenvalue weighted by Gasteiger charge is -2.33. The molecule has 2 N–H and O–H groups in total. The Morgan fingerprint density at radius 1 is 1.21 bits per heavy atom. The lowest BCUT2D eigenvalue weighted by molar-refractivity contribution is -0.136. The van der Waals surface area contributed by atoms with Gasteiger partial charge in [-0.25, -0.2) is 4.79 Å². The van der Waals surface area contributed by atoms with Crippen molar-refractivity contribution in [3.8, 4) is 11.5 Å². The van der Waals surface area contributed by atoms with Gasteiger partial charge < -0.3 is 20.1 Å². The Morgan fingerprint density at radius 2 is 1.93 bits per heavy atom. The molecule has 1 spiro atoms. The number of carbonyl (C=O) groups is 3. The van der Waals surface area contributed by atoms with Crippen LogP contribution in [0.5, 0.6) is 11.5 Å². The summed E-state index contributed by atoms with van der Waals surface area (Å²) in [5, 5.41) is 5.59. The zero-order valence-electron chi connectivity index (χ0n) is 16.0. The molecule has 28 heavy (non-hydrogen) atoms. The van der Waals surface area contributed by atoms with Gasteiger partial charge in [0.25, 0.3) is 5.91 Å². The molecule has 8 heteroatoms. The van der Waals surface area contributed by atoms with Crippen LogP contribution in [0.25, 0.3) is 0 Å². The molecule has 0 bridgehead atoms. The first-order chi connectivity index (χ1) is 13.5. The molecule has 4 amide bonds. The first-order valence-corrected chi connectivity index (χ1v) is 9.76. The third-order valence-electron chi connectivity index (χ3n) is 5.77. The summed E-state index contributed by atoms with van der Waals surface area (Å²) in [6, 6.07) is 5.00. The highest BCUT2D eigenvalue weighted by molar-refractivity contribution is 6.09. The molecule has 1 saturated carbocycles. The average molecular weight is 387 g/mol. The summed E-state index contributed by atoms with van der Waals surface area (Å²) >= 11 is 0. The molecule has 0 unspecified atom stereocenters. The van der Waals surface area contributed by atoms with Crippen molar-refractivity contribution < 1.29 is 23.9 Å². The topological polar surface area (TPSA) is 97.0 Å². The molecule has 1 aromatic carbocycles. The van der Waals surface area contributed by atoms with Gasteiger partial charge in [0, 0.05) is 6.54 Å². The van der Waals surface area contributed by atoms with E-state index in [1.165, 1.54) is 0 Å². The molecule has 150 valence electrons. The van der Waals surface area contributed by atoms with E-state index in [0.29, 0.717) is 43.5 Å². The van der Waals surface area contributed by atoms with Gasteiger partial charge in [-0.05, 0) is 49.3 Å². The Kier molecular flexibility index (Phi) is 4.87. The van der Waals surface area contributed by atoms with E-state index in [0.717, 1.165) is 23.3 Å². The number of rotatable bonds is 4. The van der Waals surface area contributed by atoms with Gasteiger partial charge in [-0.1, -0.05) is 13.0 Å². The number of ether oxygens (including phenoxy) is 2. The smallest absolute Gasteiger partial charge is 0.325 e. The SMILES string of the molecule is CC1CCC2(CC1)NC(=O)N(CC(=O)NCc1ccc3c(c1)OCCO3)C2=O. The molecule has 1 aliphatic carbocycles. The number of fused-ring (bicyclic) bond motifs is 1. The Labute approximate surface area is 163 Å². The number of benzene rings is 1. The number of imide groups is 1. The molecule has 4 rings (SSSR count). The van der Waals surface area contributed by atoms with Gasteiger partial charge in [-0.15, -0.1) is 0 Å². The van der Waals surface area contributed by atoms with Crippen LogP contribution in [0, 0.1) is 5.92 Å². The minimum Gasteiger partial charge on any atom is -0.486 e. The fourth-order valence-electron chi connectivity index (χ4n) is 4.01. The predicted octanol–water partition coefficient (Wildman–Crippen LogP) is 1.57. The molecule has 2 heterocycles. The van der Waals surface area contributed by atoms with Crippen LogP contribution >= 0.6 is 0 Å². The van der Waals surface area contributed by atoms with Gasteiger partial charge in [-0.2, -0.15) is 0 Å². The molecular weight excluding hydrogens is 362 g/mol. The standard InChI is InChI=1S/C20H25N3O5/c1-13-4-6-20(7-5-13)18(25)23(19(26)22-20)12-17(24)21-11-14-2-3-15-16(10-14)28-9-8-27-15/h2-3,10,13H,4-9,11-12H2,1H3,(H,21,24)(H,22,26). The van der Waals surface area contributed by atoms with Crippen LogP contribution < -0.4 is 20.1 Å². The number of nitrogens with one attached hydrogen (secondary N) is 2. The maximum absolute atomic E-state index is 12.8. The Morgan fingerprint density at radius 3 is 2.68 bits per heavy atom. The predicted molar refractivity (Wildman–Crippen MR) is 99.9 cm³/mol. The van der Waals surface area contributed by atoms with Crippen LogP contribution in [0.1, 0.15) is 38.2 Å². The normalized spacial score (nSPS) is 26.3. The number of urea groups is 1. The quantitative estimate of drug-likeness (QED) is 0.765. The highest BCUT2D eigenvalue weighted by atomic mass is 16.6. The van der Waals surface area contributed by atoms with Gasteiger partial charge in [0.15, 0.2) is 11.5 Å². The number of carbonyl (C=O) groups excluding carboxylic acids is 3. The number of nitrogens with zero attached hydrogens (tertiary/aromatic N) is 1. The van der Waals surface area contributed by atoms with Gasteiger partial charge in [0.05, 0.1) is 0 Å². The van der Waals surface area contributed by atoms with Gasteiger partial charge in [0.2, 0.25) is 5.91 Å². The summed E-state index contributed by atoms with van der Waals surface area (Å²) in [6.07, 6.45) is 3.06. The van der Waals surface area contributed by atoms with E-state index in [9.17, 15) is 14.4 Å². The minimum absolute atomic E-state index is 0.271. The van der Waals surface area contributed by atoms with E-state index in [1.54, 1.807) is 6.07 Å². The van der Waals surface area contributed by atoms with Crippen LogP contribution in [0.15, 0.2) is 18.2 Å². The number of hydrogen-bond acceptors (Lipinski definition) is 5. The third-order valence-corrected chi connectivity index (χ3v) is 5.77. The second-order valence-corrected chi connectivity index (χ2v) is 7.84. The molecular formula is C20H25N3O5. The summed E-state index contributed by atoms with van der Waals surface area (Å²) in [5.41, 5.74) is 0.0345. The van der Waals surface area contributed by atoms with E-state index in [4.69, 9.17) is 9.47 Å². The van der Waals surface area contributed by atoms with Crippen molar-refractivity contribution in [3.63, 3.8) is 0 Å². The molecule has 1 saturated heterocycles. The number of hydrogen-bond donors (Lipinski definition) is 2. The summed E-state index contributed by atoms with van der Waals surface area (Å²) in [4.78, 5) is 38.5. The van der Waals surface area contributed by atoms with Crippen molar-refractivity contribution in [3.05, 3.63) is 23.8 Å². The molecule has 3 aliphatic rings. The Hall–Kier alpha value is -2.77. The lowest BCUT2D eigenvalue weighted by Crippen LogP contribution is -2.49. The van der Waals surface area contributed by atoms with E-state index >= 15 is 0 Å². The van der Waals surface area contributed by atoms with Crippen molar-refractivity contribution in [2.75, 3.05) is 19.8 Å². The monoisotopic (exact) mass is 387 g/mol. The van der Waals surface area contributed by atoms with Crippen LogP contribution in [0.3, 0.4) is 0 Å². The number of amides is 4. The van der Waals surface area contributed by atoms with E-state index in [2.05, 4.69) is 17.6 Å². The van der Waals surface area contributed by atoms with Crippen molar-refractivity contribution in [1.29, 1.82) is 0 Å².